The Hall–Kier alpha value is -3.82. The molecule has 10 heteroatoms. The van der Waals surface area contributed by atoms with Crippen LogP contribution in [0.25, 0.3) is 6.08 Å². The minimum absolute atomic E-state index is 0.0543. The Balaban J connectivity index is 1.58. The Kier molecular flexibility index (Phi) is 7.15. The Morgan fingerprint density at radius 1 is 1.06 bits per heavy atom. The fourth-order valence-corrected chi connectivity index (χ4v) is 3.85. The molecular formula is C24H17BrClN3O5. The third-order valence-corrected chi connectivity index (χ3v) is 5.49. The molecule has 2 amide bonds. The number of hydrogen-bond donors (Lipinski definition) is 3. The molecule has 1 heterocycles. The summed E-state index contributed by atoms with van der Waals surface area (Å²) in [7, 11) is 0. The monoisotopic (exact) mass is 541 g/mol. The van der Waals surface area contributed by atoms with Crippen molar-refractivity contribution < 1.29 is 24.2 Å². The quantitative estimate of drug-likeness (QED) is 0.242. The maximum atomic E-state index is 12.9. The standard InChI is InChI=1S/C24H17BrClN3O5/c25-18-11-17(26)10-16(22(18)30)12-27-29-24(32)19(28-23(31)15-4-2-1-3-5-15)8-14-6-7-20-21(9-14)34-13-33-20/h1-12,30H,13H2,(H,28,31)(H,29,32)/b19-8+,27-12+. The zero-order chi connectivity index (χ0) is 24.1. The van der Waals surface area contributed by atoms with Gasteiger partial charge in [0, 0.05) is 16.1 Å². The van der Waals surface area contributed by atoms with Crippen molar-refractivity contribution in [2.24, 2.45) is 5.10 Å². The Labute approximate surface area is 208 Å². The summed E-state index contributed by atoms with van der Waals surface area (Å²) in [5, 5.41) is 17.0. The van der Waals surface area contributed by atoms with Gasteiger partial charge in [0.25, 0.3) is 11.8 Å². The van der Waals surface area contributed by atoms with Crippen molar-refractivity contribution in [2.45, 2.75) is 0 Å². The highest BCUT2D eigenvalue weighted by atomic mass is 79.9. The van der Waals surface area contributed by atoms with Crippen LogP contribution in [0.4, 0.5) is 0 Å². The van der Waals surface area contributed by atoms with Gasteiger partial charge in [0.1, 0.15) is 11.4 Å². The first-order valence-electron chi connectivity index (χ1n) is 9.90. The number of hydrazone groups is 1. The average molecular weight is 543 g/mol. The number of hydrogen-bond acceptors (Lipinski definition) is 6. The summed E-state index contributed by atoms with van der Waals surface area (Å²) in [4.78, 5) is 25.6. The fraction of sp³-hybridized carbons (Fsp3) is 0.0417. The third kappa shape index (κ3) is 5.56. The van der Waals surface area contributed by atoms with Crippen LogP contribution in [0.3, 0.4) is 0 Å². The normalized spacial score (nSPS) is 12.6. The lowest BCUT2D eigenvalue weighted by atomic mass is 10.1. The van der Waals surface area contributed by atoms with Crippen molar-refractivity contribution in [3.05, 3.63) is 92.5 Å². The first kappa shape index (κ1) is 23.3. The molecule has 0 aliphatic carbocycles. The van der Waals surface area contributed by atoms with Crippen molar-refractivity contribution in [1.29, 1.82) is 0 Å². The number of nitrogens with one attached hydrogen (secondary N) is 2. The zero-order valence-electron chi connectivity index (χ0n) is 17.4. The number of benzene rings is 3. The van der Waals surface area contributed by atoms with E-state index in [0.29, 0.717) is 32.1 Å². The molecule has 0 bridgehead atoms. The molecule has 0 aromatic heterocycles. The molecule has 3 N–H and O–H groups in total. The van der Waals surface area contributed by atoms with Crippen LogP contribution in [0.2, 0.25) is 5.02 Å². The van der Waals surface area contributed by atoms with Crippen molar-refractivity contribution in [3.63, 3.8) is 0 Å². The van der Waals surface area contributed by atoms with E-state index in [9.17, 15) is 14.7 Å². The molecule has 1 aliphatic rings. The van der Waals surface area contributed by atoms with Gasteiger partial charge in [-0.25, -0.2) is 5.43 Å². The van der Waals surface area contributed by atoms with E-state index in [1.807, 2.05) is 0 Å². The van der Waals surface area contributed by atoms with E-state index >= 15 is 0 Å². The van der Waals surface area contributed by atoms with Gasteiger partial charge in [-0.3, -0.25) is 9.59 Å². The van der Waals surface area contributed by atoms with Gasteiger partial charge in [-0.15, -0.1) is 0 Å². The van der Waals surface area contributed by atoms with E-state index in [-0.39, 0.29) is 23.8 Å². The van der Waals surface area contributed by atoms with E-state index in [0.717, 1.165) is 0 Å². The second-order valence-corrected chi connectivity index (χ2v) is 8.31. The first-order chi connectivity index (χ1) is 16.4. The summed E-state index contributed by atoms with van der Waals surface area (Å²) in [5.74, 6) is -0.116. The van der Waals surface area contributed by atoms with Crippen molar-refractivity contribution >= 4 is 51.6 Å². The number of carbonyl (C=O) groups is 2. The molecule has 0 spiro atoms. The first-order valence-corrected chi connectivity index (χ1v) is 11.1. The van der Waals surface area contributed by atoms with Crippen LogP contribution < -0.4 is 20.2 Å². The van der Waals surface area contributed by atoms with Crippen LogP contribution in [-0.4, -0.2) is 29.9 Å². The maximum absolute atomic E-state index is 12.9. The highest BCUT2D eigenvalue weighted by Gasteiger charge is 2.17. The second-order valence-electron chi connectivity index (χ2n) is 7.02. The number of fused-ring (bicyclic) bond motifs is 1. The highest BCUT2D eigenvalue weighted by molar-refractivity contribution is 9.10. The van der Waals surface area contributed by atoms with Crippen LogP contribution in [0.15, 0.2) is 75.9 Å². The summed E-state index contributed by atoms with van der Waals surface area (Å²) in [6, 6.07) is 16.6. The predicted octanol–water partition coefficient (Wildman–Crippen LogP) is 4.46. The zero-order valence-corrected chi connectivity index (χ0v) is 19.8. The van der Waals surface area contributed by atoms with E-state index in [1.165, 1.54) is 24.4 Å². The minimum atomic E-state index is -0.682. The number of nitrogens with zero attached hydrogens (tertiary/aromatic N) is 1. The lowest BCUT2D eigenvalue weighted by Gasteiger charge is -2.09. The summed E-state index contributed by atoms with van der Waals surface area (Å²) in [6.07, 6.45) is 2.72. The Morgan fingerprint density at radius 3 is 2.62 bits per heavy atom. The molecule has 0 unspecified atom stereocenters. The Morgan fingerprint density at radius 2 is 1.82 bits per heavy atom. The van der Waals surface area contributed by atoms with Gasteiger partial charge >= 0.3 is 0 Å². The molecule has 4 rings (SSSR count). The van der Waals surface area contributed by atoms with Crippen LogP contribution in [0, 0.1) is 0 Å². The van der Waals surface area contributed by atoms with Gasteiger partial charge in [-0.1, -0.05) is 35.9 Å². The largest absolute Gasteiger partial charge is 0.506 e. The predicted molar refractivity (Wildman–Crippen MR) is 131 cm³/mol. The lowest BCUT2D eigenvalue weighted by molar-refractivity contribution is -0.117. The van der Waals surface area contributed by atoms with Gasteiger partial charge in [0.15, 0.2) is 11.5 Å². The maximum Gasteiger partial charge on any atom is 0.287 e. The molecule has 3 aromatic rings. The molecule has 1 aliphatic heterocycles. The van der Waals surface area contributed by atoms with Gasteiger partial charge in [0.05, 0.1) is 10.7 Å². The molecule has 8 nitrogen and oxygen atoms in total. The minimum Gasteiger partial charge on any atom is -0.506 e. The summed E-state index contributed by atoms with van der Waals surface area (Å²) < 4.78 is 11.1. The van der Waals surface area contributed by atoms with Crippen molar-refractivity contribution in [3.8, 4) is 17.2 Å². The number of phenols is 1. The van der Waals surface area contributed by atoms with E-state index < -0.39 is 11.8 Å². The molecule has 3 aromatic carbocycles. The molecule has 0 fully saturated rings. The Bertz CT molecular complexity index is 1310. The van der Waals surface area contributed by atoms with Crippen LogP contribution in [0.1, 0.15) is 21.5 Å². The molecular weight excluding hydrogens is 526 g/mol. The SMILES string of the molecule is O=C(N/N=C/c1cc(Cl)cc(Br)c1O)/C(=C\c1ccc2c(c1)OCO2)NC(=O)c1ccccc1. The van der Waals surface area contributed by atoms with Crippen LogP contribution in [0.5, 0.6) is 17.2 Å². The van der Waals surface area contributed by atoms with E-state index in [2.05, 4.69) is 31.8 Å². The number of halogens is 2. The van der Waals surface area contributed by atoms with E-state index in [4.69, 9.17) is 21.1 Å². The summed E-state index contributed by atoms with van der Waals surface area (Å²) in [6.45, 7) is 0.113. The van der Waals surface area contributed by atoms with Gasteiger partial charge in [-0.05, 0) is 64.0 Å². The summed E-state index contributed by atoms with van der Waals surface area (Å²) >= 11 is 9.18. The van der Waals surface area contributed by atoms with E-state index in [1.54, 1.807) is 48.5 Å². The van der Waals surface area contributed by atoms with Gasteiger partial charge in [0.2, 0.25) is 6.79 Å². The summed E-state index contributed by atoms with van der Waals surface area (Å²) in [5.41, 5.74) is 3.56. The topological polar surface area (TPSA) is 109 Å². The number of ether oxygens (including phenoxy) is 2. The highest BCUT2D eigenvalue weighted by Crippen LogP contribution is 2.33. The molecule has 34 heavy (non-hydrogen) atoms. The number of amides is 2. The fourth-order valence-electron chi connectivity index (χ4n) is 3.02. The third-order valence-electron chi connectivity index (χ3n) is 4.66. The molecule has 172 valence electrons. The van der Waals surface area contributed by atoms with Crippen LogP contribution >= 0.6 is 27.5 Å². The number of carbonyl (C=O) groups excluding carboxylic acids is 2. The molecule has 0 saturated carbocycles. The number of rotatable bonds is 6. The molecule has 0 atom stereocenters. The van der Waals surface area contributed by atoms with Crippen molar-refractivity contribution in [1.82, 2.24) is 10.7 Å². The van der Waals surface area contributed by atoms with Gasteiger partial charge in [-0.2, -0.15) is 5.10 Å². The smallest absolute Gasteiger partial charge is 0.287 e. The van der Waals surface area contributed by atoms with Gasteiger partial charge < -0.3 is 19.9 Å². The molecule has 0 saturated heterocycles. The average Bonchev–Trinajstić information content (AvgIpc) is 3.30. The second kappa shape index (κ2) is 10.4. The molecule has 0 radical (unpaired) electrons. The van der Waals surface area contributed by atoms with Crippen molar-refractivity contribution in [2.75, 3.05) is 6.79 Å². The number of aromatic hydroxyl groups is 1. The lowest BCUT2D eigenvalue weighted by Crippen LogP contribution is -2.32. The number of phenolic OH excluding ortho intramolecular Hbond substituents is 1. The van der Waals surface area contributed by atoms with Crippen LogP contribution in [-0.2, 0) is 4.79 Å².